The molecule has 3 rings (SSSR count). The second-order valence-corrected chi connectivity index (χ2v) is 5.71. The number of rotatable bonds is 4. The Morgan fingerprint density at radius 2 is 2.05 bits per heavy atom. The molecule has 114 valence electrons. The first-order valence-electron chi connectivity index (χ1n) is 7.04. The Morgan fingerprint density at radius 1 is 1.18 bits per heavy atom. The minimum Gasteiger partial charge on any atom is -0.490 e. The Hall–Kier alpha value is -2.21. The van der Waals surface area contributed by atoms with E-state index in [0.29, 0.717) is 30.4 Å². The molecule has 0 fully saturated rings. The zero-order chi connectivity index (χ0) is 15.2. The second-order valence-electron chi connectivity index (χ2n) is 4.72. The summed E-state index contributed by atoms with van der Waals surface area (Å²) in [7, 11) is 0. The first kappa shape index (κ1) is 14.7. The standard InChI is InChI=1S/C16H16N2O3S/c19-15(11-22-16-4-1-2-7-17-16)18-12-5-6-13-14(10-12)21-9-3-8-20-13/h1-2,4-7,10H,3,8-9,11H2,(H,18,19). The largest absolute Gasteiger partial charge is 0.490 e. The quantitative estimate of drug-likeness (QED) is 0.879. The predicted molar refractivity (Wildman–Crippen MR) is 85.6 cm³/mol. The number of carbonyl (C=O) groups excluding carboxylic acids is 1. The lowest BCUT2D eigenvalue weighted by Gasteiger charge is -2.10. The summed E-state index contributed by atoms with van der Waals surface area (Å²) in [6, 6.07) is 11.1. The van der Waals surface area contributed by atoms with Crippen molar-refractivity contribution in [2.24, 2.45) is 0 Å². The number of hydrogen-bond acceptors (Lipinski definition) is 5. The van der Waals surface area contributed by atoms with E-state index in [1.807, 2.05) is 30.3 Å². The number of amides is 1. The van der Waals surface area contributed by atoms with Gasteiger partial charge in [-0.3, -0.25) is 4.79 Å². The van der Waals surface area contributed by atoms with Gasteiger partial charge in [-0.25, -0.2) is 4.98 Å². The highest BCUT2D eigenvalue weighted by atomic mass is 32.2. The van der Waals surface area contributed by atoms with Crippen molar-refractivity contribution in [2.45, 2.75) is 11.4 Å². The number of aromatic nitrogens is 1. The Kier molecular flexibility index (Phi) is 4.80. The van der Waals surface area contributed by atoms with E-state index >= 15 is 0 Å². The Morgan fingerprint density at radius 3 is 2.86 bits per heavy atom. The van der Waals surface area contributed by atoms with Gasteiger partial charge in [-0.1, -0.05) is 17.8 Å². The molecule has 0 saturated heterocycles. The van der Waals surface area contributed by atoms with Gasteiger partial charge in [0.25, 0.3) is 0 Å². The zero-order valence-electron chi connectivity index (χ0n) is 12.0. The van der Waals surface area contributed by atoms with Crippen LogP contribution in [0.1, 0.15) is 6.42 Å². The van der Waals surface area contributed by atoms with Crippen LogP contribution in [-0.4, -0.2) is 29.9 Å². The number of ether oxygens (including phenoxy) is 2. The van der Waals surface area contributed by atoms with E-state index in [2.05, 4.69) is 10.3 Å². The van der Waals surface area contributed by atoms with E-state index in [9.17, 15) is 4.79 Å². The first-order valence-corrected chi connectivity index (χ1v) is 8.03. The topological polar surface area (TPSA) is 60.5 Å². The minimum absolute atomic E-state index is 0.0786. The molecule has 5 nitrogen and oxygen atoms in total. The monoisotopic (exact) mass is 316 g/mol. The number of nitrogens with zero attached hydrogens (tertiary/aromatic N) is 1. The summed E-state index contributed by atoms with van der Waals surface area (Å²) >= 11 is 1.40. The van der Waals surface area contributed by atoms with Gasteiger partial charge >= 0.3 is 0 Å². The van der Waals surface area contributed by atoms with Crippen LogP contribution in [0.5, 0.6) is 11.5 Å². The van der Waals surface area contributed by atoms with Gasteiger partial charge in [0.15, 0.2) is 11.5 Å². The van der Waals surface area contributed by atoms with E-state index in [0.717, 1.165) is 17.2 Å². The molecule has 0 bridgehead atoms. The molecule has 1 N–H and O–H groups in total. The van der Waals surface area contributed by atoms with Crippen molar-refractivity contribution >= 4 is 23.4 Å². The van der Waals surface area contributed by atoms with E-state index < -0.39 is 0 Å². The number of anilines is 1. The lowest BCUT2D eigenvalue weighted by Crippen LogP contribution is -2.14. The molecule has 1 amide bonds. The van der Waals surface area contributed by atoms with Gasteiger partial charge in [0, 0.05) is 24.4 Å². The van der Waals surface area contributed by atoms with Crippen molar-refractivity contribution in [1.82, 2.24) is 4.98 Å². The van der Waals surface area contributed by atoms with Gasteiger partial charge in [0.1, 0.15) is 0 Å². The van der Waals surface area contributed by atoms with Crippen molar-refractivity contribution in [3.63, 3.8) is 0 Å². The van der Waals surface area contributed by atoms with Gasteiger partial charge < -0.3 is 14.8 Å². The zero-order valence-corrected chi connectivity index (χ0v) is 12.8. The minimum atomic E-state index is -0.0786. The van der Waals surface area contributed by atoms with Crippen LogP contribution in [0.25, 0.3) is 0 Å². The normalized spacial score (nSPS) is 13.3. The highest BCUT2D eigenvalue weighted by molar-refractivity contribution is 7.99. The smallest absolute Gasteiger partial charge is 0.234 e. The molecule has 1 aromatic heterocycles. The molecular formula is C16H16N2O3S. The predicted octanol–water partition coefficient (Wildman–Crippen LogP) is 2.97. The molecule has 1 aliphatic heterocycles. The van der Waals surface area contributed by atoms with Gasteiger partial charge in [-0.2, -0.15) is 0 Å². The van der Waals surface area contributed by atoms with Gasteiger partial charge in [-0.05, 0) is 24.3 Å². The molecule has 2 heterocycles. The molecule has 0 atom stereocenters. The Labute approximate surface area is 133 Å². The fraction of sp³-hybridized carbons (Fsp3) is 0.250. The summed E-state index contributed by atoms with van der Waals surface area (Å²) in [5, 5.41) is 3.69. The number of pyridine rings is 1. The molecule has 22 heavy (non-hydrogen) atoms. The molecule has 0 spiro atoms. The molecule has 0 unspecified atom stereocenters. The van der Waals surface area contributed by atoms with E-state index in [1.54, 1.807) is 12.3 Å². The van der Waals surface area contributed by atoms with Crippen molar-refractivity contribution < 1.29 is 14.3 Å². The van der Waals surface area contributed by atoms with Crippen LogP contribution in [0, 0.1) is 0 Å². The average Bonchev–Trinajstić information content (AvgIpc) is 2.79. The molecule has 2 aromatic rings. The maximum Gasteiger partial charge on any atom is 0.234 e. The number of thioether (sulfide) groups is 1. The Balaban J connectivity index is 1.58. The highest BCUT2D eigenvalue weighted by Crippen LogP contribution is 2.32. The van der Waals surface area contributed by atoms with Crippen LogP contribution >= 0.6 is 11.8 Å². The van der Waals surface area contributed by atoms with Gasteiger partial charge in [0.05, 0.1) is 24.0 Å². The molecule has 0 aliphatic carbocycles. The summed E-state index contributed by atoms with van der Waals surface area (Å²) in [4.78, 5) is 16.2. The number of hydrogen-bond donors (Lipinski definition) is 1. The summed E-state index contributed by atoms with van der Waals surface area (Å²) in [5.41, 5.74) is 0.705. The van der Waals surface area contributed by atoms with E-state index in [4.69, 9.17) is 9.47 Å². The third kappa shape index (κ3) is 3.92. The lowest BCUT2D eigenvalue weighted by atomic mass is 10.2. The highest BCUT2D eigenvalue weighted by Gasteiger charge is 2.12. The third-order valence-electron chi connectivity index (χ3n) is 3.02. The average molecular weight is 316 g/mol. The summed E-state index contributed by atoms with van der Waals surface area (Å²) < 4.78 is 11.2. The van der Waals surface area contributed by atoms with Crippen molar-refractivity contribution in [2.75, 3.05) is 24.3 Å². The van der Waals surface area contributed by atoms with Crippen molar-refractivity contribution in [1.29, 1.82) is 0 Å². The van der Waals surface area contributed by atoms with Crippen LogP contribution in [-0.2, 0) is 4.79 Å². The SMILES string of the molecule is O=C(CSc1ccccn1)Nc1ccc2c(c1)OCCCO2. The maximum absolute atomic E-state index is 12.0. The van der Waals surface area contributed by atoms with E-state index in [1.165, 1.54) is 11.8 Å². The number of benzene rings is 1. The lowest BCUT2D eigenvalue weighted by molar-refractivity contribution is -0.113. The summed E-state index contributed by atoms with van der Waals surface area (Å²) in [5.74, 6) is 1.63. The van der Waals surface area contributed by atoms with Crippen molar-refractivity contribution in [3.8, 4) is 11.5 Å². The molecule has 6 heteroatoms. The summed E-state index contributed by atoms with van der Waals surface area (Å²) in [6.45, 7) is 1.28. The van der Waals surface area contributed by atoms with Crippen LogP contribution in [0.2, 0.25) is 0 Å². The maximum atomic E-state index is 12.0. The fourth-order valence-corrected chi connectivity index (χ4v) is 2.67. The fourth-order valence-electron chi connectivity index (χ4n) is 2.01. The van der Waals surface area contributed by atoms with Crippen LogP contribution in [0.3, 0.4) is 0 Å². The number of fused-ring (bicyclic) bond motifs is 1. The number of nitrogens with one attached hydrogen (secondary N) is 1. The van der Waals surface area contributed by atoms with Crippen LogP contribution in [0.15, 0.2) is 47.6 Å². The molecular weight excluding hydrogens is 300 g/mol. The Bertz CT molecular complexity index is 649. The third-order valence-corrected chi connectivity index (χ3v) is 3.96. The molecule has 1 aromatic carbocycles. The molecule has 1 aliphatic rings. The molecule has 0 radical (unpaired) electrons. The van der Waals surface area contributed by atoms with Crippen molar-refractivity contribution in [3.05, 3.63) is 42.6 Å². The van der Waals surface area contributed by atoms with E-state index in [-0.39, 0.29) is 5.91 Å². The molecule has 0 saturated carbocycles. The second kappa shape index (κ2) is 7.17. The van der Waals surface area contributed by atoms with Gasteiger partial charge in [-0.15, -0.1) is 0 Å². The first-order chi connectivity index (χ1) is 10.8. The number of carbonyl (C=O) groups is 1. The van der Waals surface area contributed by atoms with Gasteiger partial charge in [0.2, 0.25) is 5.91 Å². The summed E-state index contributed by atoms with van der Waals surface area (Å²) in [6.07, 6.45) is 2.57. The van der Waals surface area contributed by atoms with Crippen LogP contribution in [0.4, 0.5) is 5.69 Å². The van der Waals surface area contributed by atoms with Crippen LogP contribution < -0.4 is 14.8 Å².